The number of carbonyl (C=O) groups excluding carboxylic acids is 4. The molecule has 1 rings (SSSR count). The molecular weight excluding hydrogens is 359 g/mol. The molecule has 1 aromatic rings. The second-order valence-corrected chi connectivity index (χ2v) is 5.79. The Morgan fingerprint density at radius 3 is 2.33 bits per heavy atom. The monoisotopic (exact) mass is 382 g/mol. The zero-order valence-electron chi connectivity index (χ0n) is 15.4. The lowest BCUT2D eigenvalue weighted by Crippen LogP contribution is -2.52. The number of carbonyl (C=O) groups is 4. The van der Waals surface area contributed by atoms with Gasteiger partial charge in [-0.3, -0.25) is 14.4 Å². The van der Waals surface area contributed by atoms with Gasteiger partial charge in [0.05, 0.1) is 14.2 Å². The van der Waals surface area contributed by atoms with Crippen LogP contribution in [0.4, 0.5) is 4.39 Å². The Kier molecular flexibility index (Phi) is 8.91. The SMILES string of the molecule is COC(=O)CC[C@H](NC(=O)[C@H](Cc1cccc(F)c1)NC(C)=O)C(=O)OC. The van der Waals surface area contributed by atoms with Crippen LogP contribution in [0.25, 0.3) is 0 Å². The minimum absolute atomic E-state index is 0.0219. The smallest absolute Gasteiger partial charge is 0.328 e. The van der Waals surface area contributed by atoms with Crippen molar-refractivity contribution in [1.29, 1.82) is 0 Å². The van der Waals surface area contributed by atoms with Gasteiger partial charge in [-0.05, 0) is 24.1 Å². The Bertz CT molecular complexity index is 694. The molecule has 0 aliphatic heterocycles. The fourth-order valence-corrected chi connectivity index (χ4v) is 2.38. The normalized spacial score (nSPS) is 12.4. The molecule has 27 heavy (non-hydrogen) atoms. The highest BCUT2D eigenvalue weighted by Crippen LogP contribution is 2.08. The molecule has 0 aromatic heterocycles. The van der Waals surface area contributed by atoms with Crippen LogP contribution < -0.4 is 10.6 Å². The van der Waals surface area contributed by atoms with Gasteiger partial charge in [0.2, 0.25) is 11.8 Å². The van der Waals surface area contributed by atoms with E-state index in [1.165, 1.54) is 32.2 Å². The first kappa shape index (κ1) is 22.1. The standard InChI is InChI=1S/C18H23FN2O6/c1-11(22)20-15(10-12-5-4-6-13(19)9-12)17(24)21-14(18(25)27-3)7-8-16(23)26-2/h4-6,9,14-15H,7-8,10H2,1-3H3,(H,20,22)(H,21,24)/t14-,15-/m0/s1. The first-order chi connectivity index (χ1) is 12.8. The molecule has 0 radical (unpaired) electrons. The summed E-state index contributed by atoms with van der Waals surface area (Å²) in [7, 11) is 2.36. The van der Waals surface area contributed by atoms with Crippen molar-refractivity contribution in [2.75, 3.05) is 14.2 Å². The van der Waals surface area contributed by atoms with Crippen LogP contribution in [0.3, 0.4) is 0 Å². The molecule has 0 unspecified atom stereocenters. The summed E-state index contributed by atoms with van der Waals surface area (Å²) in [5.41, 5.74) is 0.494. The van der Waals surface area contributed by atoms with Crippen LogP contribution in [-0.4, -0.2) is 50.1 Å². The molecule has 0 fully saturated rings. The lowest BCUT2D eigenvalue weighted by molar-refractivity contribution is -0.146. The zero-order valence-corrected chi connectivity index (χ0v) is 15.4. The predicted molar refractivity (Wildman–Crippen MR) is 92.9 cm³/mol. The molecule has 2 amide bonds. The van der Waals surface area contributed by atoms with Gasteiger partial charge in [-0.25, -0.2) is 9.18 Å². The molecule has 0 saturated carbocycles. The predicted octanol–water partition coefficient (Wildman–Crippen LogP) is 0.484. The van der Waals surface area contributed by atoms with Gasteiger partial charge in [0.25, 0.3) is 0 Å². The highest BCUT2D eigenvalue weighted by atomic mass is 19.1. The summed E-state index contributed by atoms with van der Waals surface area (Å²) in [6.45, 7) is 1.24. The minimum Gasteiger partial charge on any atom is -0.469 e. The Morgan fingerprint density at radius 1 is 1.07 bits per heavy atom. The van der Waals surface area contributed by atoms with E-state index in [4.69, 9.17) is 0 Å². The van der Waals surface area contributed by atoms with E-state index in [1.807, 2.05) is 0 Å². The van der Waals surface area contributed by atoms with Crippen LogP contribution >= 0.6 is 0 Å². The zero-order chi connectivity index (χ0) is 20.4. The van der Waals surface area contributed by atoms with Crippen molar-refractivity contribution in [3.05, 3.63) is 35.6 Å². The fourth-order valence-electron chi connectivity index (χ4n) is 2.38. The number of hydrogen-bond acceptors (Lipinski definition) is 6. The van der Waals surface area contributed by atoms with Crippen molar-refractivity contribution in [3.8, 4) is 0 Å². The third-order valence-electron chi connectivity index (χ3n) is 3.69. The van der Waals surface area contributed by atoms with Gasteiger partial charge in [-0.2, -0.15) is 0 Å². The number of amides is 2. The van der Waals surface area contributed by atoms with Gasteiger partial charge in [-0.1, -0.05) is 12.1 Å². The van der Waals surface area contributed by atoms with Gasteiger partial charge in [0, 0.05) is 19.8 Å². The number of nitrogens with one attached hydrogen (secondary N) is 2. The summed E-state index contributed by atoms with van der Waals surface area (Å²) in [6.07, 6.45) is -0.114. The molecular formula is C18H23FN2O6. The summed E-state index contributed by atoms with van der Waals surface area (Å²) in [6, 6.07) is 3.48. The number of rotatable bonds is 9. The molecule has 1 aromatic carbocycles. The molecule has 0 bridgehead atoms. The van der Waals surface area contributed by atoms with E-state index < -0.39 is 41.7 Å². The molecule has 2 N–H and O–H groups in total. The molecule has 0 aliphatic rings. The number of ether oxygens (including phenoxy) is 2. The van der Waals surface area contributed by atoms with Crippen LogP contribution in [0.15, 0.2) is 24.3 Å². The molecule has 9 heteroatoms. The van der Waals surface area contributed by atoms with Crippen LogP contribution in [0, 0.1) is 5.82 Å². The van der Waals surface area contributed by atoms with E-state index in [0.717, 1.165) is 7.11 Å². The van der Waals surface area contributed by atoms with Gasteiger partial charge in [-0.15, -0.1) is 0 Å². The second kappa shape index (κ2) is 10.9. The van der Waals surface area contributed by atoms with E-state index >= 15 is 0 Å². The summed E-state index contributed by atoms with van der Waals surface area (Å²) < 4.78 is 22.5. The fraction of sp³-hybridized carbons (Fsp3) is 0.444. The van der Waals surface area contributed by atoms with Crippen molar-refractivity contribution in [1.82, 2.24) is 10.6 Å². The first-order valence-electron chi connectivity index (χ1n) is 8.23. The molecule has 148 valence electrons. The maximum Gasteiger partial charge on any atom is 0.328 e. The Hall–Kier alpha value is -2.97. The highest BCUT2D eigenvalue weighted by molar-refractivity contribution is 5.90. The largest absolute Gasteiger partial charge is 0.469 e. The molecule has 2 atom stereocenters. The van der Waals surface area contributed by atoms with Crippen LogP contribution in [0.5, 0.6) is 0 Å². The maximum atomic E-state index is 13.4. The summed E-state index contributed by atoms with van der Waals surface area (Å²) >= 11 is 0. The Labute approximate surface area is 156 Å². The van der Waals surface area contributed by atoms with Gasteiger partial charge < -0.3 is 20.1 Å². The number of halogens is 1. The number of hydrogen-bond donors (Lipinski definition) is 2. The third-order valence-corrected chi connectivity index (χ3v) is 3.69. The van der Waals surface area contributed by atoms with Crippen molar-refractivity contribution in [2.24, 2.45) is 0 Å². The average Bonchev–Trinajstić information content (AvgIpc) is 2.63. The van der Waals surface area contributed by atoms with E-state index in [0.29, 0.717) is 5.56 Å². The van der Waals surface area contributed by atoms with E-state index in [-0.39, 0.29) is 19.3 Å². The molecule has 0 saturated heterocycles. The third kappa shape index (κ3) is 7.85. The van der Waals surface area contributed by atoms with Gasteiger partial charge >= 0.3 is 11.9 Å². The molecule has 0 aliphatic carbocycles. The van der Waals surface area contributed by atoms with Crippen LogP contribution in [-0.2, 0) is 35.1 Å². The summed E-state index contributed by atoms with van der Waals surface area (Å²) in [5, 5.41) is 4.93. The molecule has 8 nitrogen and oxygen atoms in total. The minimum atomic E-state index is -1.09. The average molecular weight is 382 g/mol. The van der Waals surface area contributed by atoms with Crippen molar-refractivity contribution in [3.63, 3.8) is 0 Å². The summed E-state index contributed by atoms with van der Waals surface area (Å²) in [5.74, 6) is -2.87. The quantitative estimate of drug-likeness (QED) is 0.601. The van der Waals surface area contributed by atoms with Gasteiger partial charge in [0.15, 0.2) is 0 Å². The Balaban J connectivity index is 2.88. The Morgan fingerprint density at radius 2 is 1.78 bits per heavy atom. The van der Waals surface area contributed by atoms with E-state index in [1.54, 1.807) is 6.07 Å². The van der Waals surface area contributed by atoms with Crippen molar-refractivity contribution in [2.45, 2.75) is 38.3 Å². The molecule has 0 heterocycles. The first-order valence-corrected chi connectivity index (χ1v) is 8.23. The second-order valence-electron chi connectivity index (χ2n) is 5.79. The number of methoxy groups -OCH3 is 2. The number of esters is 2. The van der Waals surface area contributed by atoms with Crippen LogP contribution in [0.1, 0.15) is 25.3 Å². The summed E-state index contributed by atoms with van der Waals surface area (Å²) in [4.78, 5) is 47.2. The van der Waals surface area contributed by atoms with Crippen molar-refractivity contribution >= 4 is 23.8 Å². The topological polar surface area (TPSA) is 111 Å². The molecule has 0 spiro atoms. The maximum absolute atomic E-state index is 13.4. The van der Waals surface area contributed by atoms with Gasteiger partial charge in [0.1, 0.15) is 17.9 Å². The highest BCUT2D eigenvalue weighted by Gasteiger charge is 2.27. The lowest BCUT2D eigenvalue weighted by atomic mass is 10.0. The van der Waals surface area contributed by atoms with E-state index in [2.05, 4.69) is 20.1 Å². The van der Waals surface area contributed by atoms with Crippen LogP contribution in [0.2, 0.25) is 0 Å². The number of benzene rings is 1. The van der Waals surface area contributed by atoms with Crippen molar-refractivity contribution < 1.29 is 33.0 Å². The lowest BCUT2D eigenvalue weighted by Gasteiger charge is -2.22. The van der Waals surface area contributed by atoms with E-state index in [9.17, 15) is 23.6 Å².